The molecule has 172 valence electrons. The van der Waals surface area contributed by atoms with Gasteiger partial charge in [-0.3, -0.25) is 0 Å². The largest absolute Gasteiger partial charge is 0.207 e. The van der Waals surface area contributed by atoms with Gasteiger partial charge in [0.1, 0.15) is 5.82 Å². The van der Waals surface area contributed by atoms with Crippen LogP contribution in [0.4, 0.5) is 4.39 Å². The van der Waals surface area contributed by atoms with Crippen LogP contribution in [0, 0.1) is 62.1 Å². The van der Waals surface area contributed by atoms with Crippen LogP contribution in [-0.4, -0.2) is 0 Å². The molecule has 0 bridgehead atoms. The molecule has 0 aromatic heterocycles. The van der Waals surface area contributed by atoms with Crippen LogP contribution in [0.25, 0.3) is 0 Å². The second kappa shape index (κ2) is 10.8. The molecule has 3 aromatic carbocycles. The maximum absolute atomic E-state index is 14.8. The molecule has 1 saturated carbocycles. The van der Waals surface area contributed by atoms with Gasteiger partial charge in [-0.05, 0) is 105 Å². The molecule has 0 nitrogen and oxygen atoms in total. The highest BCUT2D eigenvalue weighted by atomic mass is 19.1. The highest BCUT2D eigenvalue weighted by molar-refractivity contribution is 5.55. The van der Waals surface area contributed by atoms with E-state index in [4.69, 9.17) is 0 Å². The fraction of sp³-hybridized carbons (Fsp3) is 0.333. The van der Waals surface area contributed by atoms with Gasteiger partial charge in [-0.2, -0.15) is 0 Å². The summed E-state index contributed by atoms with van der Waals surface area (Å²) in [5.41, 5.74) is 7.93. The Kier molecular flexibility index (Phi) is 7.55. The van der Waals surface area contributed by atoms with Gasteiger partial charge in [-0.15, -0.1) is 0 Å². The molecule has 1 aliphatic rings. The van der Waals surface area contributed by atoms with Crippen molar-refractivity contribution in [3.8, 4) is 23.7 Å². The number of benzene rings is 3. The predicted octanol–water partition coefficient (Wildman–Crippen LogP) is 7.92. The maximum atomic E-state index is 14.8. The van der Waals surface area contributed by atoms with Crippen LogP contribution in [0.15, 0.2) is 54.6 Å². The van der Waals surface area contributed by atoms with Gasteiger partial charge in [0.05, 0.1) is 0 Å². The summed E-state index contributed by atoms with van der Waals surface area (Å²) in [6.45, 7) is 8.51. The Labute approximate surface area is 204 Å². The molecule has 1 heteroatoms. The molecular weight excluding hydrogens is 415 g/mol. The summed E-state index contributed by atoms with van der Waals surface area (Å²) in [5, 5.41) is 0. The van der Waals surface area contributed by atoms with Crippen LogP contribution in [0.1, 0.15) is 77.1 Å². The molecule has 0 saturated heterocycles. The van der Waals surface area contributed by atoms with Gasteiger partial charge >= 0.3 is 0 Å². The van der Waals surface area contributed by atoms with Crippen molar-refractivity contribution in [3.05, 3.63) is 105 Å². The molecule has 0 unspecified atom stereocenters. The third kappa shape index (κ3) is 6.18. The summed E-state index contributed by atoms with van der Waals surface area (Å²) in [6.07, 6.45) is 5.81. The third-order valence-corrected chi connectivity index (χ3v) is 6.96. The Bertz CT molecular complexity index is 1260. The normalized spacial score (nSPS) is 17.3. The van der Waals surface area contributed by atoms with E-state index in [0.717, 1.165) is 51.3 Å². The smallest absolute Gasteiger partial charge is 0.127 e. The van der Waals surface area contributed by atoms with E-state index in [9.17, 15) is 4.39 Å². The maximum Gasteiger partial charge on any atom is 0.127 e. The summed E-state index contributed by atoms with van der Waals surface area (Å²) in [7, 11) is 0. The van der Waals surface area contributed by atoms with E-state index in [0.29, 0.717) is 5.92 Å². The van der Waals surface area contributed by atoms with Gasteiger partial charge < -0.3 is 0 Å². The van der Waals surface area contributed by atoms with Crippen LogP contribution in [0.2, 0.25) is 0 Å². The molecule has 0 amide bonds. The average molecular weight is 449 g/mol. The van der Waals surface area contributed by atoms with Gasteiger partial charge in [0, 0.05) is 22.3 Å². The molecule has 0 heterocycles. The monoisotopic (exact) mass is 448 g/mol. The van der Waals surface area contributed by atoms with Crippen molar-refractivity contribution in [1.82, 2.24) is 0 Å². The Morgan fingerprint density at radius 3 is 1.94 bits per heavy atom. The molecular formula is C33H33F. The van der Waals surface area contributed by atoms with Crippen LogP contribution in [-0.2, 0) is 6.42 Å². The Hall–Kier alpha value is -3.29. The Morgan fingerprint density at radius 1 is 0.706 bits per heavy atom. The van der Waals surface area contributed by atoms with Crippen LogP contribution >= 0.6 is 0 Å². The SMILES string of the molecule is Cc1ccc(C#Cc2cc(C)c(C#Cc3ccc(CC4CCC(C)CC4)c(F)c3)c(C)c2)cc1. The van der Waals surface area contributed by atoms with Gasteiger partial charge in [0.2, 0.25) is 0 Å². The van der Waals surface area contributed by atoms with Crippen molar-refractivity contribution in [2.45, 2.75) is 59.8 Å². The van der Waals surface area contributed by atoms with Gasteiger partial charge in [0.15, 0.2) is 0 Å². The van der Waals surface area contributed by atoms with E-state index < -0.39 is 0 Å². The van der Waals surface area contributed by atoms with Crippen LogP contribution in [0.3, 0.4) is 0 Å². The lowest BCUT2D eigenvalue weighted by molar-refractivity contribution is 0.287. The topological polar surface area (TPSA) is 0 Å². The second-order valence-corrected chi connectivity index (χ2v) is 9.99. The number of rotatable bonds is 2. The Morgan fingerprint density at radius 2 is 1.29 bits per heavy atom. The lowest BCUT2D eigenvalue weighted by Gasteiger charge is -2.26. The first kappa shape index (κ1) is 23.9. The first-order valence-corrected chi connectivity index (χ1v) is 12.4. The van der Waals surface area contributed by atoms with Gasteiger partial charge in [0.25, 0.3) is 0 Å². The standard InChI is InChI=1S/C33H33F/c1-23-5-9-27(10-6-23)13-14-30-19-25(3)32(26(4)20-30)18-16-29-15-17-31(33(34)22-29)21-28-11-7-24(2)8-12-28/h5-6,9-10,15,17,19-20,22,24,28H,7-8,11-12,21H2,1-4H3. The molecule has 0 atom stereocenters. The lowest BCUT2D eigenvalue weighted by atomic mass is 9.80. The highest BCUT2D eigenvalue weighted by Crippen LogP contribution is 2.31. The van der Waals surface area contributed by atoms with Gasteiger partial charge in [-0.25, -0.2) is 4.39 Å². The minimum atomic E-state index is -0.124. The lowest BCUT2D eigenvalue weighted by Crippen LogP contribution is -2.15. The van der Waals surface area contributed by atoms with Crippen LogP contribution < -0.4 is 0 Å². The van der Waals surface area contributed by atoms with Crippen LogP contribution in [0.5, 0.6) is 0 Å². The molecule has 4 rings (SSSR count). The van der Waals surface area contributed by atoms with Crippen molar-refractivity contribution >= 4 is 0 Å². The van der Waals surface area contributed by atoms with Crippen molar-refractivity contribution in [2.75, 3.05) is 0 Å². The zero-order valence-corrected chi connectivity index (χ0v) is 20.8. The molecule has 1 aliphatic carbocycles. The molecule has 0 aliphatic heterocycles. The summed E-state index contributed by atoms with van der Waals surface area (Å²) >= 11 is 0. The summed E-state index contributed by atoms with van der Waals surface area (Å²) in [5.74, 6) is 14.3. The molecule has 3 aromatic rings. The summed E-state index contributed by atoms with van der Waals surface area (Å²) in [6, 6.07) is 17.9. The number of hydrogen-bond acceptors (Lipinski definition) is 0. The zero-order valence-electron chi connectivity index (χ0n) is 20.8. The predicted molar refractivity (Wildman–Crippen MR) is 140 cm³/mol. The number of hydrogen-bond donors (Lipinski definition) is 0. The summed E-state index contributed by atoms with van der Waals surface area (Å²) < 4.78 is 14.8. The van der Waals surface area contributed by atoms with E-state index in [1.807, 2.05) is 24.3 Å². The zero-order chi connectivity index (χ0) is 24.1. The van der Waals surface area contributed by atoms with Crippen molar-refractivity contribution in [1.29, 1.82) is 0 Å². The van der Waals surface area contributed by atoms with E-state index in [2.05, 4.69) is 75.6 Å². The van der Waals surface area contributed by atoms with Crippen molar-refractivity contribution in [2.24, 2.45) is 11.8 Å². The molecule has 0 radical (unpaired) electrons. The molecule has 0 spiro atoms. The fourth-order valence-corrected chi connectivity index (χ4v) is 4.78. The quantitative estimate of drug-likeness (QED) is 0.349. The van der Waals surface area contributed by atoms with Crippen molar-refractivity contribution < 1.29 is 4.39 Å². The molecule has 0 N–H and O–H groups in total. The third-order valence-electron chi connectivity index (χ3n) is 6.96. The molecule has 1 fully saturated rings. The first-order chi connectivity index (χ1) is 16.4. The Balaban J connectivity index is 1.48. The van der Waals surface area contributed by atoms with E-state index in [1.54, 1.807) is 6.07 Å². The van der Waals surface area contributed by atoms with E-state index in [-0.39, 0.29) is 5.82 Å². The second-order valence-electron chi connectivity index (χ2n) is 9.99. The van der Waals surface area contributed by atoms with Gasteiger partial charge in [-0.1, -0.05) is 67.2 Å². The average Bonchev–Trinajstić information content (AvgIpc) is 2.81. The minimum absolute atomic E-state index is 0.124. The first-order valence-electron chi connectivity index (χ1n) is 12.4. The summed E-state index contributed by atoms with van der Waals surface area (Å²) in [4.78, 5) is 0. The number of halogens is 1. The highest BCUT2D eigenvalue weighted by Gasteiger charge is 2.19. The fourth-order valence-electron chi connectivity index (χ4n) is 4.78. The van der Waals surface area contributed by atoms with E-state index in [1.165, 1.54) is 31.2 Å². The van der Waals surface area contributed by atoms with Crippen molar-refractivity contribution in [3.63, 3.8) is 0 Å². The molecule has 34 heavy (non-hydrogen) atoms. The number of aryl methyl sites for hydroxylation is 3. The van der Waals surface area contributed by atoms with E-state index >= 15 is 0 Å². The minimum Gasteiger partial charge on any atom is -0.207 e.